The van der Waals surface area contributed by atoms with Crippen molar-refractivity contribution in [3.8, 4) is 0 Å². The van der Waals surface area contributed by atoms with E-state index in [1.807, 2.05) is 29.2 Å². The van der Waals surface area contributed by atoms with E-state index in [2.05, 4.69) is 18.4 Å². The molecule has 0 fully saturated rings. The van der Waals surface area contributed by atoms with Crippen molar-refractivity contribution < 1.29 is 4.79 Å². The molecule has 1 aromatic heterocycles. The first-order chi connectivity index (χ1) is 10.1. The average Bonchev–Trinajstić information content (AvgIpc) is 2.95. The first-order valence-electron chi connectivity index (χ1n) is 7.32. The molecular formula is C17H20N2OS. The van der Waals surface area contributed by atoms with Crippen LogP contribution in [-0.2, 0) is 17.8 Å². The van der Waals surface area contributed by atoms with Gasteiger partial charge in [0.15, 0.2) is 0 Å². The quantitative estimate of drug-likeness (QED) is 0.883. The topological polar surface area (TPSA) is 46.3 Å². The number of nitrogens with zero attached hydrogens (tertiary/aromatic N) is 1. The Hall–Kier alpha value is -1.81. The van der Waals surface area contributed by atoms with E-state index in [0.29, 0.717) is 6.42 Å². The first kappa shape index (κ1) is 14.1. The number of amides is 1. The van der Waals surface area contributed by atoms with Gasteiger partial charge in [-0.1, -0.05) is 19.1 Å². The number of carbonyl (C=O) groups is 1. The molecule has 1 amide bonds. The molecule has 1 aliphatic rings. The van der Waals surface area contributed by atoms with Gasteiger partial charge < -0.3 is 10.6 Å². The van der Waals surface area contributed by atoms with Crippen LogP contribution in [0.3, 0.4) is 0 Å². The fourth-order valence-electron chi connectivity index (χ4n) is 2.79. The highest BCUT2D eigenvalue weighted by Gasteiger charge is 2.23. The third-order valence-electron chi connectivity index (χ3n) is 4.15. The SMILES string of the molecule is CC(CC(=O)N1CCc2sccc2C1)c1ccc(N)cc1. The number of nitrogen functional groups attached to an aromatic ring is 1. The summed E-state index contributed by atoms with van der Waals surface area (Å²) in [6, 6.07) is 9.97. The lowest BCUT2D eigenvalue weighted by Gasteiger charge is -2.28. The second-order valence-corrected chi connectivity index (χ2v) is 6.71. The molecule has 1 unspecified atom stereocenters. The monoisotopic (exact) mass is 300 g/mol. The molecule has 0 aliphatic carbocycles. The molecule has 0 saturated carbocycles. The third-order valence-corrected chi connectivity index (χ3v) is 5.17. The first-order valence-corrected chi connectivity index (χ1v) is 8.20. The maximum atomic E-state index is 12.5. The number of nitrogens with two attached hydrogens (primary N) is 1. The van der Waals surface area contributed by atoms with Crippen molar-refractivity contribution in [2.45, 2.75) is 32.2 Å². The van der Waals surface area contributed by atoms with Gasteiger partial charge in [-0.3, -0.25) is 4.79 Å². The number of hydrogen-bond donors (Lipinski definition) is 1. The Labute approximate surface area is 129 Å². The molecule has 21 heavy (non-hydrogen) atoms. The van der Waals surface area contributed by atoms with Crippen LogP contribution in [0.4, 0.5) is 5.69 Å². The minimum absolute atomic E-state index is 0.224. The molecule has 4 heteroatoms. The van der Waals surface area contributed by atoms with Crippen molar-refractivity contribution in [1.82, 2.24) is 4.90 Å². The van der Waals surface area contributed by atoms with Crippen LogP contribution in [0.1, 0.15) is 35.3 Å². The third kappa shape index (κ3) is 3.10. The molecule has 2 heterocycles. The summed E-state index contributed by atoms with van der Waals surface area (Å²) in [5.74, 6) is 0.471. The fourth-order valence-corrected chi connectivity index (χ4v) is 3.68. The summed E-state index contributed by atoms with van der Waals surface area (Å²) in [4.78, 5) is 15.9. The summed E-state index contributed by atoms with van der Waals surface area (Å²) in [6.45, 7) is 3.72. The molecule has 110 valence electrons. The summed E-state index contributed by atoms with van der Waals surface area (Å²) in [6.07, 6.45) is 1.55. The molecule has 2 aromatic rings. The number of thiophene rings is 1. The van der Waals surface area contributed by atoms with Crippen molar-refractivity contribution in [2.24, 2.45) is 0 Å². The Balaban J connectivity index is 1.63. The molecule has 1 aliphatic heterocycles. The van der Waals surface area contributed by atoms with Crippen LogP contribution >= 0.6 is 11.3 Å². The fraction of sp³-hybridized carbons (Fsp3) is 0.353. The van der Waals surface area contributed by atoms with E-state index in [1.165, 1.54) is 16.0 Å². The van der Waals surface area contributed by atoms with Gasteiger partial charge in [0.1, 0.15) is 0 Å². The number of fused-ring (bicyclic) bond motifs is 1. The zero-order valence-corrected chi connectivity index (χ0v) is 13.0. The lowest BCUT2D eigenvalue weighted by molar-refractivity contribution is -0.132. The number of carbonyl (C=O) groups excluding carboxylic acids is 1. The zero-order chi connectivity index (χ0) is 14.8. The van der Waals surface area contributed by atoms with Crippen molar-refractivity contribution in [3.63, 3.8) is 0 Å². The maximum Gasteiger partial charge on any atom is 0.223 e. The summed E-state index contributed by atoms with van der Waals surface area (Å²) in [5.41, 5.74) is 8.96. The van der Waals surface area contributed by atoms with Gasteiger partial charge in [0, 0.05) is 30.1 Å². The van der Waals surface area contributed by atoms with Crippen molar-refractivity contribution >= 4 is 22.9 Å². The highest BCUT2D eigenvalue weighted by molar-refractivity contribution is 7.10. The van der Waals surface area contributed by atoms with Gasteiger partial charge in [0.05, 0.1) is 0 Å². The van der Waals surface area contributed by atoms with Gasteiger partial charge in [-0.2, -0.15) is 0 Å². The Bertz CT molecular complexity index is 632. The van der Waals surface area contributed by atoms with Crippen LogP contribution in [0.2, 0.25) is 0 Å². The van der Waals surface area contributed by atoms with Crippen LogP contribution < -0.4 is 5.73 Å². The normalized spacial score (nSPS) is 15.6. The minimum Gasteiger partial charge on any atom is -0.399 e. The predicted octanol–water partition coefficient (Wildman–Crippen LogP) is 3.41. The minimum atomic E-state index is 0.224. The lowest BCUT2D eigenvalue weighted by Crippen LogP contribution is -2.35. The lowest BCUT2D eigenvalue weighted by atomic mass is 9.96. The predicted molar refractivity (Wildman–Crippen MR) is 87.3 cm³/mol. The van der Waals surface area contributed by atoms with Crippen molar-refractivity contribution in [2.75, 3.05) is 12.3 Å². The summed E-state index contributed by atoms with van der Waals surface area (Å²) >= 11 is 1.80. The van der Waals surface area contributed by atoms with Gasteiger partial charge in [0.2, 0.25) is 5.91 Å². The van der Waals surface area contributed by atoms with E-state index in [-0.39, 0.29) is 11.8 Å². The number of benzene rings is 1. The molecule has 0 spiro atoms. The van der Waals surface area contributed by atoms with E-state index in [0.717, 1.165) is 25.2 Å². The van der Waals surface area contributed by atoms with E-state index in [1.54, 1.807) is 11.3 Å². The molecule has 0 bridgehead atoms. The van der Waals surface area contributed by atoms with E-state index < -0.39 is 0 Å². The largest absolute Gasteiger partial charge is 0.399 e. The standard InChI is InChI=1S/C17H20N2OS/c1-12(13-2-4-15(18)5-3-13)10-17(20)19-8-6-16-14(11-19)7-9-21-16/h2-5,7,9,12H,6,8,10-11,18H2,1H3. The summed E-state index contributed by atoms with van der Waals surface area (Å²) in [7, 11) is 0. The van der Waals surface area contributed by atoms with Gasteiger partial charge in [-0.25, -0.2) is 0 Å². The van der Waals surface area contributed by atoms with Gasteiger partial charge in [-0.15, -0.1) is 11.3 Å². The average molecular weight is 300 g/mol. The summed E-state index contributed by atoms with van der Waals surface area (Å²) < 4.78 is 0. The van der Waals surface area contributed by atoms with Crippen LogP contribution in [0, 0.1) is 0 Å². The molecule has 0 radical (unpaired) electrons. The van der Waals surface area contributed by atoms with Crippen molar-refractivity contribution in [3.05, 3.63) is 51.7 Å². The number of hydrogen-bond acceptors (Lipinski definition) is 3. The van der Waals surface area contributed by atoms with Gasteiger partial charge in [0.25, 0.3) is 0 Å². The Morgan fingerprint density at radius 1 is 1.33 bits per heavy atom. The zero-order valence-electron chi connectivity index (χ0n) is 12.2. The molecule has 3 rings (SSSR count). The van der Waals surface area contributed by atoms with Gasteiger partial charge >= 0.3 is 0 Å². The van der Waals surface area contributed by atoms with Crippen LogP contribution in [0.5, 0.6) is 0 Å². The second-order valence-electron chi connectivity index (χ2n) is 5.71. The molecular weight excluding hydrogens is 280 g/mol. The van der Waals surface area contributed by atoms with Crippen LogP contribution in [-0.4, -0.2) is 17.4 Å². The maximum absolute atomic E-state index is 12.5. The Kier molecular flexibility index (Phi) is 3.97. The van der Waals surface area contributed by atoms with Gasteiger partial charge in [-0.05, 0) is 47.0 Å². The van der Waals surface area contributed by atoms with E-state index in [4.69, 9.17) is 5.73 Å². The van der Waals surface area contributed by atoms with Crippen LogP contribution in [0.25, 0.3) is 0 Å². The Morgan fingerprint density at radius 3 is 2.86 bits per heavy atom. The number of rotatable bonds is 3. The molecule has 2 N–H and O–H groups in total. The molecule has 1 aromatic carbocycles. The molecule has 1 atom stereocenters. The summed E-state index contributed by atoms with van der Waals surface area (Å²) in [5, 5.41) is 2.12. The molecule has 0 saturated heterocycles. The highest BCUT2D eigenvalue weighted by Crippen LogP contribution is 2.26. The second kappa shape index (κ2) is 5.90. The Morgan fingerprint density at radius 2 is 2.10 bits per heavy atom. The van der Waals surface area contributed by atoms with Crippen LogP contribution in [0.15, 0.2) is 35.7 Å². The molecule has 3 nitrogen and oxygen atoms in total. The van der Waals surface area contributed by atoms with E-state index in [9.17, 15) is 4.79 Å². The highest BCUT2D eigenvalue weighted by atomic mass is 32.1. The van der Waals surface area contributed by atoms with E-state index >= 15 is 0 Å². The van der Waals surface area contributed by atoms with Crippen molar-refractivity contribution in [1.29, 1.82) is 0 Å². The number of anilines is 1. The smallest absolute Gasteiger partial charge is 0.223 e.